The van der Waals surface area contributed by atoms with Gasteiger partial charge in [0.05, 0.1) is 60.6 Å². The summed E-state index contributed by atoms with van der Waals surface area (Å²) in [7, 11) is -3.33. The summed E-state index contributed by atoms with van der Waals surface area (Å²) in [5.41, 5.74) is 2.88. The van der Waals surface area contributed by atoms with Gasteiger partial charge in [0, 0.05) is 44.1 Å². The highest BCUT2D eigenvalue weighted by molar-refractivity contribution is 7.89. The molecule has 2 aliphatic heterocycles. The minimum absolute atomic E-state index is 0.0208. The molecule has 0 amide bonds. The highest BCUT2D eigenvalue weighted by Crippen LogP contribution is 2.36. The molecule has 2 fully saturated rings. The van der Waals surface area contributed by atoms with Gasteiger partial charge in [-0.3, -0.25) is 4.68 Å². The lowest BCUT2D eigenvalue weighted by Gasteiger charge is -2.47. The maximum absolute atomic E-state index is 12.3. The Kier molecular flexibility index (Phi) is 6.42. The molecule has 0 bridgehead atoms. The molecule has 0 unspecified atom stereocenters. The van der Waals surface area contributed by atoms with Crippen LogP contribution in [0, 0.1) is 11.3 Å². The van der Waals surface area contributed by atoms with Gasteiger partial charge in [-0.05, 0) is 25.1 Å². The molecule has 0 aliphatic carbocycles. The number of pyridine rings is 1. The monoisotopic (exact) mass is 548 g/mol. The Morgan fingerprint density at radius 2 is 2.00 bits per heavy atom. The summed E-state index contributed by atoms with van der Waals surface area (Å²) >= 11 is 0. The maximum Gasteiger partial charge on any atom is 0.228 e. The topological polar surface area (TPSA) is 158 Å². The van der Waals surface area contributed by atoms with Gasteiger partial charge in [-0.2, -0.15) is 14.7 Å². The largest absolute Gasteiger partial charge is 0.378 e. The van der Waals surface area contributed by atoms with Gasteiger partial charge in [0.1, 0.15) is 17.1 Å². The zero-order chi connectivity index (χ0) is 27.0. The van der Waals surface area contributed by atoms with E-state index in [1.807, 2.05) is 24.4 Å². The standard InChI is InChI=1S/C25H28N10O3S/c1-2-39(36,37)34-16-25(17-34,6-7-26)35-15-18(13-29-35)22-23-20(5-8-27-23)31-24(32-22)30-19-3-4-21(28-14-19)33-9-11-38-12-10-33/h3-5,8,13-15,27H,2,6,9-12,16-17H2,1H3,(H,30,31,32). The van der Waals surface area contributed by atoms with Crippen LogP contribution in [0.2, 0.25) is 0 Å². The van der Waals surface area contributed by atoms with E-state index in [1.54, 1.807) is 30.2 Å². The number of aromatic amines is 1. The Bertz CT molecular complexity index is 1630. The van der Waals surface area contributed by atoms with Crippen LogP contribution < -0.4 is 10.2 Å². The summed E-state index contributed by atoms with van der Waals surface area (Å²) in [6, 6.07) is 7.97. The summed E-state index contributed by atoms with van der Waals surface area (Å²) in [4.78, 5) is 19.4. The molecule has 14 heteroatoms. The molecular formula is C25H28N10O3S. The summed E-state index contributed by atoms with van der Waals surface area (Å²) in [5, 5.41) is 17.3. The molecule has 0 saturated carbocycles. The number of hydrogen-bond donors (Lipinski definition) is 2. The molecule has 6 heterocycles. The van der Waals surface area contributed by atoms with Crippen LogP contribution in [0.5, 0.6) is 0 Å². The van der Waals surface area contributed by atoms with Crippen molar-refractivity contribution >= 4 is 38.5 Å². The average Bonchev–Trinajstić information content (AvgIpc) is 3.61. The number of nitriles is 1. The first-order chi connectivity index (χ1) is 18.9. The second-order valence-corrected chi connectivity index (χ2v) is 11.9. The number of hydrogen-bond acceptors (Lipinski definition) is 10. The Morgan fingerprint density at radius 1 is 1.18 bits per heavy atom. The van der Waals surface area contributed by atoms with Crippen molar-refractivity contribution in [1.82, 2.24) is 34.0 Å². The minimum Gasteiger partial charge on any atom is -0.378 e. The lowest BCUT2D eigenvalue weighted by molar-refractivity contribution is 0.0719. The van der Waals surface area contributed by atoms with Gasteiger partial charge in [-0.1, -0.05) is 0 Å². The Hall–Kier alpha value is -4.06. The first-order valence-corrected chi connectivity index (χ1v) is 14.3. The quantitative estimate of drug-likeness (QED) is 0.334. The predicted molar refractivity (Wildman–Crippen MR) is 145 cm³/mol. The van der Waals surface area contributed by atoms with E-state index < -0.39 is 15.6 Å². The number of nitrogens with zero attached hydrogens (tertiary/aromatic N) is 8. The predicted octanol–water partition coefficient (Wildman–Crippen LogP) is 2.07. The molecule has 39 heavy (non-hydrogen) atoms. The van der Waals surface area contributed by atoms with Crippen molar-refractivity contribution in [1.29, 1.82) is 5.26 Å². The maximum atomic E-state index is 12.3. The second-order valence-electron chi connectivity index (χ2n) is 9.66. The van der Waals surface area contributed by atoms with E-state index in [0.29, 0.717) is 24.9 Å². The van der Waals surface area contributed by atoms with Crippen molar-refractivity contribution in [3.05, 3.63) is 43.0 Å². The molecule has 0 atom stereocenters. The van der Waals surface area contributed by atoms with Gasteiger partial charge in [0.15, 0.2) is 0 Å². The van der Waals surface area contributed by atoms with Crippen LogP contribution in [0.4, 0.5) is 17.5 Å². The fourth-order valence-electron chi connectivity index (χ4n) is 4.96. The number of nitrogens with one attached hydrogen (secondary N) is 2. The average molecular weight is 549 g/mol. The van der Waals surface area contributed by atoms with Crippen LogP contribution in [0.3, 0.4) is 0 Å². The van der Waals surface area contributed by atoms with Crippen LogP contribution in [0.1, 0.15) is 13.3 Å². The summed E-state index contributed by atoms with van der Waals surface area (Å²) in [6.07, 6.45) is 7.20. The van der Waals surface area contributed by atoms with Crippen LogP contribution in [0.15, 0.2) is 43.0 Å². The minimum atomic E-state index is -3.33. The third kappa shape index (κ3) is 4.69. The van der Waals surface area contributed by atoms with E-state index in [4.69, 9.17) is 9.72 Å². The smallest absolute Gasteiger partial charge is 0.228 e. The summed E-state index contributed by atoms with van der Waals surface area (Å²) in [5.74, 6) is 1.32. The fraction of sp³-hybridized carbons (Fsp3) is 0.400. The van der Waals surface area contributed by atoms with Gasteiger partial charge in [-0.25, -0.2) is 23.4 Å². The van der Waals surface area contributed by atoms with Crippen LogP contribution >= 0.6 is 0 Å². The van der Waals surface area contributed by atoms with E-state index in [-0.39, 0.29) is 25.3 Å². The van der Waals surface area contributed by atoms with Crippen molar-refractivity contribution < 1.29 is 13.2 Å². The van der Waals surface area contributed by atoms with Crippen LogP contribution in [0.25, 0.3) is 22.3 Å². The van der Waals surface area contributed by atoms with Gasteiger partial charge >= 0.3 is 0 Å². The van der Waals surface area contributed by atoms with E-state index >= 15 is 0 Å². The molecule has 0 aromatic carbocycles. The first-order valence-electron chi connectivity index (χ1n) is 12.7. The van der Waals surface area contributed by atoms with Crippen molar-refractivity contribution in [2.75, 3.05) is 55.4 Å². The third-order valence-corrected chi connectivity index (χ3v) is 8.97. The molecule has 2 aliphatic rings. The molecule has 4 aromatic heterocycles. The summed E-state index contributed by atoms with van der Waals surface area (Å²) in [6.45, 7) is 5.04. The number of H-pyrrole nitrogens is 1. The number of aromatic nitrogens is 6. The molecule has 0 spiro atoms. The highest BCUT2D eigenvalue weighted by atomic mass is 32.2. The SMILES string of the molecule is CCS(=O)(=O)N1CC(CC#N)(n2cc(-c3nc(Nc4ccc(N5CCOCC5)nc4)nc4cc[nH]c34)cn2)C1. The van der Waals surface area contributed by atoms with E-state index in [9.17, 15) is 13.7 Å². The molecule has 13 nitrogen and oxygen atoms in total. The van der Waals surface area contributed by atoms with E-state index in [0.717, 1.165) is 41.2 Å². The lowest BCUT2D eigenvalue weighted by Crippen LogP contribution is -2.64. The summed E-state index contributed by atoms with van der Waals surface area (Å²) < 4.78 is 33.1. The molecular weight excluding hydrogens is 520 g/mol. The first kappa shape index (κ1) is 25.2. The second kappa shape index (κ2) is 9.92. The molecule has 0 radical (unpaired) electrons. The Balaban J connectivity index is 1.27. The highest BCUT2D eigenvalue weighted by Gasteiger charge is 2.49. The number of ether oxygens (including phenoxy) is 1. The molecule has 2 N–H and O–H groups in total. The number of fused-ring (bicyclic) bond motifs is 1. The van der Waals surface area contributed by atoms with Crippen LogP contribution in [-0.2, 0) is 20.3 Å². The molecule has 4 aromatic rings. The fourth-order valence-corrected chi connectivity index (χ4v) is 6.20. The van der Waals surface area contributed by atoms with E-state index in [1.165, 1.54) is 4.31 Å². The third-order valence-electron chi connectivity index (χ3n) is 7.19. The Labute approximate surface area is 225 Å². The molecule has 2 saturated heterocycles. The van der Waals surface area contributed by atoms with Crippen molar-refractivity contribution in [2.45, 2.75) is 18.9 Å². The number of rotatable bonds is 8. The lowest BCUT2D eigenvalue weighted by atomic mass is 9.89. The van der Waals surface area contributed by atoms with E-state index in [2.05, 4.69) is 36.3 Å². The van der Waals surface area contributed by atoms with Gasteiger partial charge in [-0.15, -0.1) is 0 Å². The number of anilines is 3. The van der Waals surface area contributed by atoms with Gasteiger partial charge in [0.2, 0.25) is 16.0 Å². The molecule has 202 valence electrons. The van der Waals surface area contributed by atoms with Crippen molar-refractivity contribution in [3.63, 3.8) is 0 Å². The zero-order valence-corrected chi connectivity index (χ0v) is 22.2. The molecule has 6 rings (SSSR count). The van der Waals surface area contributed by atoms with Crippen molar-refractivity contribution in [3.8, 4) is 17.3 Å². The Morgan fingerprint density at radius 3 is 2.72 bits per heavy atom. The van der Waals surface area contributed by atoms with Crippen molar-refractivity contribution in [2.24, 2.45) is 0 Å². The van der Waals surface area contributed by atoms with Crippen LogP contribution in [-0.4, -0.2) is 87.6 Å². The van der Waals surface area contributed by atoms with Gasteiger partial charge < -0.3 is 19.9 Å². The van der Waals surface area contributed by atoms with Gasteiger partial charge in [0.25, 0.3) is 0 Å². The normalized spacial score (nSPS) is 17.6. The zero-order valence-electron chi connectivity index (χ0n) is 21.4. The number of morpholine rings is 1. The number of sulfonamides is 1.